The molecule has 1 saturated carbocycles. The lowest BCUT2D eigenvalue weighted by Crippen LogP contribution is -2.15. The number of hydrogen-bond acceptors (Lipinski definition) is 7. The first-order valence-corrected chi connectivity index (χ1v) is 10.9. The fourth-order valence-corrected chi connectivity index (χ4v) is 4.37. The van der Waals surface area contributed by atoms with E-state index in [2.05, 4.69) is 35.6 Å². The number of benzene rings is 1. The number of amides is 1. The van der Waals surface area contributed by atoms with Gasteiger partial charge >= 0.3 is 0 Å². The maximum Gasteiger partial charge on any atom is 0.232 e. The quantitative estimate of drug-likeness (QED) is 0.379. The van der Waals surface area contributed by atoms with Gasteiger partial charge in [-0.2, -0.15) is 10.2 Å². The monoisotopic (exact) mass is 495 g/mol. The second-order valence-corrected chi connectivity index (χ2v) is 8.55. The van der Waals surface area contributed by atoms with E-state index in [1.165, 1.54) is 17.6 Å². The molecular weight excluding hydrogens is 480 g/mol. The van der Waals surface area contributed by atoms with Gasteiger partial charge in [0.25, 0.3) is 0 Å². The standard InChI is InChI=1S/C22H16ClF2N9O/c1-33(22-27-8-26-9-28-22)20-18(25)17(23)16(13-7-29-31-19(13)20)10-2-3-34-11(4-10)5-15(32-34)30-21(35)12-6-14(12)24/h2-5,7-9,12,14H,6H2,1H3,(H,29,31)(H,30,32,35). The molecule has 1 aliphatic carbocycles. The van der Waals surface area contributed by atoms with Gasteiger partial charge in [0.2, 0.25) is 11.9 Å². The van der Waals surface area contributed by atoms with Gasteiger partial charge in [-0.25, -0.2) is 28.2 Å². The molecule has 1 amide bonds. The van der Waals surface area contributed by atoms with Gasteiger partial charge in [-0.15, -0.1) is 0 Å². The molecule has 0 saturated heterocycles. The summed E-state index contributed by atoms with van der Waals surface area (Å²) in [5.41, 5.74) is 2.24. The van der Waals surface area contributed by atoms with Crippen molar-refractivity contribution in [2.75, 3.05) is 17.3 Å². The van der Waals surface area contributed by atoms with Crippen LogP contribution in [0.2, 0.25) is 5.02 Å². The molecule has 2 unspecified atom stereocenters. The number of hydrogen-bond donors (Lipinski definition) is 2. The number of nitrogens with zero attached hydrogens (tertiary/aromatic N) is 7. The van der Waals surface area contributed by atoms with E-state index in [-0.39, 0.29) is 23.1 Å². The fraction of sp³-hybridized carbons (Fsp3) is 0.182. The van der Waals surface area contributed by atoms with Gasteiger partial charge in [0, 0.05) is 30.3 Å². The summed E-state index contributed by atoms with van der Waals surface area (Å²) in [6, 6.07) is 5.14. The molecule has 1 aliphatic rings. The molecule has 6 rings (SSSR count). The van der Waals surface area contributed by atoms with Crippen LogP contribution in [0, 0.1) is 11.7 Å². The van der Waals surface area contributed by atoms with Crippen molar-refractivity contribution in [2.45, 2.75) is 12.6 Å². The lowest BCUT2D eigenvalue weighted by atomic mass is 10.0. The van der Waals surface area contributed by atoms with Crippen molar-refractivity contribution < 1.29 is 13.6 Å². The van der Waals surface area contributed by atoms with Crippen LogP contribution in [-0.2, 0) is 4.79 Å². The Morgan fingerprint density at radius 2 is 2.09 bits per heavy atom. The van der Waals surface area contributed by atoms with Crippen molar-refractivity contribution in [2.24, 2.45) is 5.92 Å². The molecule has 10 nitrogen and oxygen atoms in total. The normalized spacial score (nSPS) is 17.1. The number of aromatic amines is 1. The molecule has 0 radical (unpaired) electrons. The lowest BCUT2D eigenvalue weighted by molar-refractivity contribution is -0.117. The van der Waals surface area contributed by atoms with E-state index in [1.54, 1.807) is 42.2 Å². The van der Waals surface area contributed by atoms with Crippen molar-refractivity contribution in [3.8, 4) is 11.1 Å². The number of alkyl halides is 1. The average Bonchev–Trinajstić information content (AvgIpc) is 3.22. The van der Waals surface area contributed by atoms with Crippen LogP contribution >= 0.6 is 11.6 Å². The van der Waals surface area contributed by atoms with Gasteiger partial charge in [-0.3, -0.25) is 9.89 Å². The topological polar surface area (TPSA) is 117 Å². The number of anilines is 3. The molecule has 13 heteroatoms. The lowest BCUT2D eigenvalue weighted by Gasteiger charge is -2.20. The molecule has 0 bridgehead atoms. The molecule has 1 aromatic carbocycles. The molecular formula is C22H16ClF2N9O. The van der Waals surface area contributed by atoms with Crippen LogP contribution in [0.15, 0.2) is 43.2 Å². The van der Waals surface area contributed by atoms with Crippen molar-refractivity contribution in [3.05, 3.63) is 54.1 Å². The highest BCUT2D eigenvalue weighted by Crippen LogP contribution is 2.43. The van der Waals surface area contributed by atoms with Gasteiger partial charge in [0.1, 0.15) is 24.5 Å². The number of H-pyrrole nitrogens is 1. The van der Waals surface area contributed by atoms with E-state index in [9.17, 15) is 9.18 Å². The minimum Gasteiger partial charge on any atom is -0.309 e. The van der Waals surface area contributed by atoms with Crippen LogP contribution in [-0.4, -0.2) is 53.9 Å². The smallest absolute Gasteiger partial charge is 0.232 e. The molecule has 1 fully saturated rings. The zero-order valence-electron chi connectivity index (χ0n) is 18.1. The zero-order chi connectivity index (χ0) is 24.3. The number of rotatable bonds is 5. The number of fused-ring (bicyclic) bond motifs is 2. The predicted molar refractivity (Wildman–Crippen MR) is 125 cm³/mol. The Morgan fingerprint density at radius 3 is 2.83 bits per heavy atom. The van der Waals surface area contributed by atoms with Gasteiger partial charge < -0.3 is 10.2 Å². The molecule has 0 aliphatic heterocycles. The summed E-state index contributed by atoms with van der Waals surface area (Å²) in [7, 11) is 1.62. The zero-order valence-corrected chi connectivity index (χ0v) is 18.8. The largest absolute Gasteiger partial charge is 0.309 e. The molecule has 4 aromatic heterocycles. The second kappa shape index (κ2) is 7.94. The minimum atomic E-state index is -1.10. The van der Waals surface area contributed by atoms with Crippen LogP contribution in [0.5, 0.6) is 0 Å². The summed E-state index contributed by atoms with van der Waals surface area (Å²) in [6.45, 7) is 0. The van der Waals surface area contributed by atoms with Crippen molar-refractivity contribution in [1.29, 1.82) is 0 Å². The van der Waals surface area contributed by atoms with Crippen molar-refractivity contribution in [1.82, 2.24) is 34.8 Å². The predicted octanol–water partition coefficient (Wildman–Crippen LogP) is 3.92. The Bertz CT molecular complexity index is 1600. The third-order valence-electron chi connectivity index (χ3n) is 5.93. The van der Waals surface area contributed by atoms with E-state index in [0.717, 1.165) is 0 Å². The van der Waals surface area contributed by atoms with Crippen LogP contribution < -0.4 is 10.2 Å². The minimum absolute atomic E-state index is 0.102. The summed E-state index contributed by atoms with van der Waals surface area (Å²) in [6.07, 6.45) is 4.99. The maximum atomic E-state index is 15.7. The Kier molecular flexibility index (Phi) is 4.85. The molecule has 5 aromatic rings. The van der Waals surface area contributed by atoms with Crippen LogP contribution in [0.25, 0.3) is 27.5 Å². The molecule has 2 atom stereocenters. The van der Waals surface area contributed by atoms with Gasteiger partial charge in [0.05, 0.1) is 28.2 Å². The Labute approximate surface area is 201 Å². The highest BCUT2D eigenvalue weighted by molar-refractivity contribution is 6.36. The van der Waals surface area contributed by atoms with Gasteiger partial charge in [0.15, 0.2) is 11.6 Å². The number of aromatic nitrogens is 7. The molecule has 35 heavy (non-hydrogen) atoms. The fourth-order valence-electron chi connectivity index (χ4n) is 4.07. The van der Waals surface area contributed by atoms with E-state index in [4.69, 9.17) is 11.6 Å². The first kappa shape index (κ1) is 21.4. The molecule has 0 spiro atoms. The number of carbonyl (C=O) groups excluding carboxylic acids is 1. The second-order valence-electron chi connectivity index (χ2n) is 8.17. The van der Waals surface area contributed by atoms with Crippen LogP contribution in [0.3, 0.4) is 0 Å². The third-order valence-corrected chi connectivity index (χ3v) is 6.29. The molecule has 4 heterocycles. The summed E-state index contributed by atoms with van der Waals surface area (Å²) in [5, 5.41) is 14.4. The maximum absolute atomic E-state index is 15.7. The SMILES string of the molecule is CN(c1ncncn1)c1c(F)c(Cl)c(-c2ccn3nc(NC(=O)C4CC4F)cc3c2)c2cn[nH]c12. The highest BCUT2D eigenvalue weighted by Gasteiger charge is 2.43. The van der Waals surface area contributed by atoms with E-state index in [1.807, 2.05) is 0 Å². The Morgan fingerprint density at radius 1 is 1.31 bits per heavy atom. The summed E-state index contributed by atoms with van der Waals surface area (Å²) in [5.74, 6) is -1.16. The van der Waals surface area contributed by atoms with Crippen molar-refractivity contribution in [3.63, 3.8) is 0 Å². The summed E-state index contributed by atoms with van der Waals surface area (Å²) >= 11 is 6.57. The van der Waals surface area contributed by atoms with Crippen LogP contribution in [0.1, 0.15) is 6.42 Å². The third kappa shape index (κ3) is 3.53. The van der Waals surface area contributed by atoms with Crippen LogP contribution in [0.4, 0.5) is 26.2 Å². The van der Waals surface area contributed by atoms with E-state index < -0.39 is 23.8 Å². The average molecular weight is 496 g/mol. The number of pyridine rings is 1. The number of nitrogens with one attached hydrogen (secondary N) is 2. The summed E-state index contributed by atoms with van der Waals surface area (Å²) in [4.78, 5) is 25.4. The van der Waals surface area contributed by atoms with Crippen molar-refractivity contribution >= 4 is 51.4 Å². The summed E-state index contributed by atoms with van der Waals surface area (Å²) < 4.78 is 30.4. The number of carbonyl (C=O) groups is 1. The number of halogens is 3. The van der Waals surface area contributed by atoms with E-state index in [0.29, 0.717) is 33.4 Å². The Hall–Kier alpha value is -4.19. The Balaban J connectivity index is 1.43. The molecule has 176 valence electrons. The highest BCUT2D eigenvalue weighted by atomic mass is 35.5. The molecule has 2 N–H and O–H groups in total. The van der Waals surface area contributed by atoms with Gasteiger partial charge in [-0.05, 0) is 24.1 Å². The van der Waals surface area contributed by atoms with E-state index >= 15 is 4.39 Å². The first-order valence-electron chi connectivity index (χ1n) is 10.6. The van der Waals surface area contributed by atoms with Gasteiger partial charge in [-0.1, -0.05) is 11.6 Å². The first-order chi connectivity index (χ1) is 16.9.